The van der Waals surface area contributed by atoms with Crippen LogP contribution in [0.2, 0.25) is 5.02 Å². The Morgan fingerprint density at radius 2 is 1.85 bits per heavy atom. The summed E-state index contributed by atoms with van der Waals surface area (Å²) in [5.74, 6) is 1.12. The van der Waals surface area contributed by atoms with Gasteiger partial charge in [-0.25, -0.2) is 4.98 Å². The van der Waals surface area contributed by atoms with Crippen LogP contribution in [-0.4, -0.2) is 33.6 Å². The number of hydrogen-bond donors (Lipinski definition) is 1. The summed E-state index contributed by atoms with van der Waals surface area (Å²) in [6.45, 7) is 5.71. The number of benzene rings is 2. The molecule has 0 atom stereocenters. The SMILES string of the molecule is CCc1cccc(NC(=O)C2CCN(c3cc(C)nc4cc(-c5ccc(Cl)cc5)nn34)CC2)c1. The number of rotatable bonds is 5. The van der Waals surface area contributed by atoms with Crippen LogP contribution in [-0.2, 0) is 11.2 Å². The predicted octanol–water partition coefficient (Wildman–Crippen LogP) is 5.78. The molecule has 2 aromatic carbocycles. The van der Waals surface area contributed by atoms with Gasteiger partial charge in [-0.05, 0) is 56.0 Å². The van der Waals surface area contributed by atoms with E-state index in [0.29, 0.717) is 5.02 Å². The fraction of sp³-hybridized carbons (Fsp3) is 0.296. The van der Waals surface area contributed by atoms with Gasteiger partial charge in [0.15, 0.2) is 5.65 Å². The lowest BCUT2D eigenvalue weighted by molar-refractivity contribution is -0.120. The van der Waals surface area contributed by atoms with E-state index in [1.807, 2.05) is 53.9 Å². The predicted molar refractivity (Wildman–Crippen MR) is 138 cm³/mol. The first-order valence-electron chi connectivity index (χ1n) is 11.8. The lowest BCUT2D eigenvalue weighted by Gasteiger charge is -2.33. The molecule has 0 spiro atoms. The second kappa shape index (κ2) is 9.47. The largest absolute Gasteiger partial charge is 0.356 e. The molecule has 1 aliphatic rings. The minimum atomic E-state index is 0.00204. The first-order chi connectivity index (χ1) is 16.5. The van der Waals surface area contributed by atoms with Crippen molar-refractivity contribution in [1.29, 1.82) is 0 Å². The van der Waals surface area contributed by atoms with E-state index in [9.17, 15) is 4.79 Å². The molecule has 1 N–H and O–H groups in total. The van der Waals surface area contributed by atoms with Crippen molar-refractivity contribution in [3.8, 4) is 11.3 Å². The Hall–Kier alpha value is -3.38. The maximum Gasteiger partial charge on any atom is 0.227 e. The highest BCUT2D eigenvalue weighted by molar-refractivity contribution is 6.30. The van der Waals surface area contributed by atoms with Gasteiger partial charge in [0.05, 0.1) is 5.69 Å². The standard InChI is InChI=1S/C27H28ClN5O/c1-3-19-5-4-6-23(16-19)30-27(34)21-11-13-32(14-12-21)26-15-18(2)29-25-17-24(31-33(25)26)20-7-9-22(28)10-8-20/h4-10,15-17,21H,3,11-14H2,1-2H3,(H,30,34). The zero-order valence-electron chi connectivity index (χ0n) is 19.5. The molecule has 5 rings (SSSR count). The van der Waals surface area contributed by atoms with Crippen LogP contribution in [0.3, 0.4) is 0 Å². The van der Waals surface area contributed by atoms with Gasteiger partial charge in [-0.3, -0.25) is 4.79 Å². The van der Waals surface area contributed by atoms with Gasteiger partial charge in [0.25, 0.3) is 0 Å². The van der Waals surface area contributed by atoms with Gasteiger partial charge in [0.2, 0.25) is 5.91 Å². The molecule has 34 heavy (non-hydrogen) atoms. The van der Waals surface area contributed by atoms with Gasteiger partial charge < -0.3 is 10.2 Å². The summed E-state index contributed by atoms with van der Waals surface area (Å²) >= 11 is 6.05. The summed E-state index contributed by atoms with van der Waals surface area (Å²) < 4.78 is 1.91. The van der Waals surface area contributed by atoms with Crippen molar-refractivity contribution in [1.82, 2.24) is 14.6 Å². The molecular weight excluding hydrogens is 446 g/mol. The van der Waals surface area contributed by atoms with Crippen LogP contribution in [0, 0.1) is 12.8 Å². The molecule has 0 aliphatic carbocycles. The third-order valence-corrected chi connectivity index (χ3v) is 6.72. The lowest BCUT2D eigenvalue weighted by atomic mass is 9.95. The van der Waals surface area contributed by atoms with Crippen LogP contribution in [0.15, 0.2) is 60.7 Å². The number of aryl methyl sites for hydroxylation is 2. The number of anilines is 2. The van der Waals surface area contributed by atoms with Gasteiger partial charge in [-0.2, -0.15) is 9.61 Å². The molecule has 0 unspecified atom stereocenters. The van der Waals surface area contributed by atoms with E-state index in [-0.39, 0.29) is 11.8 Å². The molecule has 4 aromatic rings. The Bertz CT molecular complexity index is 1320. The number of carbonyl (C=O) groups is 1. The third kappa shape index (κ3) is 4.64. The molecule has 1 aliphatic heterocycles. The molecule has 3 heterocycles. The molecule has 0 saturated carbocycles. The molecule has 1 amide bonds. The monoisotopic (exact) mass is 473 g/mol. The van der Waals surface area contributed by atoms with Gasteiger partial charge in [-0.1, -0.05) is 42.8 Å². The Morgan fingerprint density at radius 3 is 2.59 bits per heavy atom. The number of piperidine rings is 1. The smallest absolute Gasteiger partial charge is 0.227 e. The number of carbonyl (C=O) groups excluding carboxylic acids is 1. The maximum atomic E-state index is 12.9. The summed E-state index contributed by atoms with van der Waals surface area (Å²) in [4.78, 5) is 19.9. The summed E-state index contributed by atoms with van der Waals surface area (Å²) in [5, 5.41) is 8.66. The van der Waals surface area contributed by atoms with E-state index in [4.69, 9.17) is 16.7 Å². The maximum absolute atomic E-state index is 12.9. The molecular formula is C27H28ClN5O. The number of nitrogens with one attached hydrogen (secondary N) is 1. The average molecular weight is 474 g/mol. The molecule has 174 valence electrons. The Morgan fingerprint density at radius 1 is 1.09 bits per heavy atom. The highest BCUT2D eigenvalue weighted by Crippen LogP contribution is 2.28. The second-order valence-corrected chi connectivity index (χ2v) is 9.30. The summed E-state index contributed by atoms with van der Waals surface area (Å²) in [6, 6.07) is 19.8. The Labute approximate surface area is 204 Å². The Balaban J connectivity index is 1.32. The van der Waals surface area contributed by atoms with Gasteiger partial charge in [0.1, 0.15) is 5.82 Å². The Kier molecular flexibility index (Phi) is 6.24. The second-order valence-electron chi connectivity index (χ2n) is 8.87. The fourth-order valence-corrected chi connectivity index (χ4v) is 4.68. The molecule has 0 bridgehead atoms. The molecule has 6 nitrogen and oxygen atoms in total. The third-order valence-electron chi connectivity index (χ3n) is 6.47. The van der Waals surface area contributed by atoms with Crippen LogP contribution < -0.4 is 10.2 Å². The van der Waals surface area contributed by atoms with E-state index in [0.717, 1.165) is 66.5 Å². The van der Waals surface area contributed by atoms with E-state index < -0.39 is 0 Å². The number of fused-ring (bicyclic) bond motifs is 1. The van der Waals surface area contributed by atoms with Gasteiger partial charge in [0, 0.05) is 53.1 Å². The molecule has 1 fully saturated rings. The minimum Gasteiger partial charge on any atom is -0.356 e. The number of hydrogen-bond acceptors (Lipinski definition) is 4. The van der Waals surface area contributed by atoms with Crippen LogP contribution in [0.4, 0.5) is 11.5 Å². The van der Waals surface area contributed by atoms with E-state index >= 15 is 0 Å². The zero-order chi connectivity index (χ0) is 23.7. The summed E-state index contributed by atoms with van der Waals surface area (Å²) in [6.07, 6.45) is 2.55. The molecule has 0 radical (unpaired) electrons. The quantitative estimate of drug-likeness (QED) is 0.399. The average Bonchev–Trinajstić information content (AvgIpc) is 3.28. The zero-order valence-corrected chi connectivity index (χ0v) is 20.2. The summed E-state index contributed by atoms with van der Waals surface area (Å²) in [5.41, 5.74) is 5.73. The number of aromatic nitrogens is 3. The normalized spacial score (nSPS) is 14.5. The van der Waals surface area contributed by atoms with Crippen LogP contribution in [0.25, 0.3) is 16.9 Å². The number of amides is 1. The molecule has 1 saturated heterocycles. The highest BCUT2D eigenvalue weighted by atomic mass is 35.5. The van der Waals surface area contributed by atoms with Crippen molar-refractivity contribution in [3.63, 3.8) is 0 Å². The summed E-state index contributed by atoms with van der Waals surface area (Å²) in [7, 11) is 0. The molecule has 2 aromatic heterocycles. The molecule has 7 heteroatoms. The van der Waals surface area contributed by atoms with Crippen LogP contribution in [0.1, 0.15) is 31.0 Å². The van der Waals surface area contributed by atoms with Gasteiger partial charge in [-0.15, -0.1) is 0 Å². The van der Waals surface area contributed by atoms with Crippen molar-refractivity contribution < 1.29 is 4.79 Å². The van der Waals surface area contributed by atoms with Crippen molar-refractivity contribution >= 4 is 34.7 Å². The number of halogens is 1. The van der Waals surface area contributed by atoms with Crippen LogP contribution in [0.5, 0.6) is 0 Å². The van der Waals surface area contributed by atoms with Crippen LogP contribution >= 0.6 is 11.6 Å². The van der Waals surface area contributed by atoms with Crippen molar-refractivity contribution in [2.24, 2.45) is 5.92 Å². The van der Waals surface area contributed by atoms with Crippen molar-refractivity contribution in [2.45, 2.75) is 33.1 Å². The van der Waals surface area contributed by atoms with Crippen molar-refractivity contribution in [3.05, 3.63) is 76.9 Å². The first kappa shape index (κ1) is 22.4. The minimum absolute atomic E-state index is 0.00204. The topological polar surface area (TPSA) is 62.5 Å². The lowest BCUT2D eigenvalue weighted by Crippen LogP contribution is -2.39. The highest BCUT2D eigenvalue weighted by Gasteiger charge is 2.27. The van der Waals surface area contributed by atoms with E-state index in [2.05, 4.69) is 40.3 Å². The van der Waals surface area contributed by atoms with E-state index in [1.165, 1.54) is 5.56 Å². The van der Waals surface area contributed by atoms with Gasteiger partial charge >= 0.3 is 0 Å². The van der Waals surface area contributed by atoms with E-state index in [1.54, 1.807) is 0 Å². The number of nitrogens with zero attached hydrogens (tertiary/aromatic N) is 4. The van der Waals surface area contributed by atoms with Crippen molar-refractivity contribution in [2.75, 3.05) is 23.3 Å². The fourth-order valence-electron chi connectivity index (χ4n) is 4.55. The first-order valence-corrected chi connectivity index (χ1v) is 12.2.